The first-order chi connectivity index (χ1) is 19.5. The third-order valence-corrected chi connectivity index (χ3v) is 6.44. The Bertz CT molecular complexity index is 1510. The number of anilines is 1. The SMILES string of the molecule is O=C([O-])C(F)(F)F.O=C1C=C[NH+](Cc2ccc(F)c(C(=O)N3CCN(c4ccccc4)C(=O)C3)c2)c2ccccc21. The van der Waals surface area contributed by atoms with E-state index in [1.54, 1.807) is 29.3 Å². The number of halogens is 4. The second-order valence-electron chi connectivity index (χ2n) is 9.15. The summed E-state index contributed by atoms with van der Waals surface area (Å²) in [4.78, 5) is 50.7. The van der Waals surface area contributed by atoms with Crippen LogP contribution in [0.25, 0.3) is 0 Å². The van der Waals surface area contributed by atoms with Crippen LogP contribution in [0.4, 0.5) is 28.9 Å². The maximum absolute atomic E-state index is 14.7. The van der Waals surface area contributed by atoms with Gasteiger partial charge in [-0.25, -0.2) is 4.39 Å². The number of carboxylic acids is 1. The lowest BCUT2D eigenvalue weighted by Gasteiger charge is -2.34. The van der Waals surface area contributed by atoms with Crippen molar-refractivity contribution in [2.75, 3.05) is 24.5 Å². The first kappa shape index (κ1) is 29.2. The first-order valence-electron chi connectivity index (χ1n) is 12.3. The third-order valence-electron chi connectivity index (χ3n) is 6.44. The molecule has 5 rings (SSSR count). The van der Waals surface area contributed by atoms with E-state index in [0.29, 0.717) is 25.2 Å². The molecule has 0 aromatic heterocycles. The molecule has 0 saturated carbocycles. The number of quaternary nitrogens is 1. The van der Waals surface area contributed by atoms with E-state index in [2.05, 4.69) is 0 Å². The summed E-state index contributed by atoms with van der Waals surface area (Å²) in [5.74, 6) is -4.38. The van der Waals surface area contributed by atoms with E-state index in [4.69, 9.17) is 9.90 Å². The molecule has 3 aromatic rings. The molecule has 0 aliphatic carbocycles. The van der Waals surface area contributed by atoms with E-state index in [1.807, 2.05) is 48.5 Å². The maximum atomic E-state index is 14.7. The summed E-state index contributed by atoms with van der Waals surface area (Å²) in [5, 5.41) is 8.78. The Morgan fingerprint density at radius 3 is 2.24 bits per heavy atom. The number of para-hydroxylation sites is 2. The summed E-state index contributed by atoms with van der Waals surface area (Å²) in [6, 6.07) is 21.1. The first-order valence-corrected chi connectivity index (χ1v) is 12.3. The number of carboxylic acid groups (broad SMARTS) is 1. The molecule has 1 N–H and O–H groups in total. The van der Waals surface area contributed by atoms with Crippen LogP contribution in [0.3, 0.4) is 0 Å². The number of fused-ring (bicyclic) bond motifs is 1. The minimum atomic E-state index is -5.19. The fraction of sp³-hybridized carbons (Fsp3) is 0.172. The summed E-state index contributed by atoms with van der Waals surface area (Å²) < 4.78 is 46.2. The van der Waals surface area contributed by atoms with Crippen LogP contribution in [-0.4, -0.2) is 54.3 Å². The quantitative estimate of drug-likeness (QED) is 0.485. The van der Waals surface area contributed by atoms with E-state index in [9.17, 15) is 31.9 Å². The number of benzene rings is 3. The van der Waals surface area contributed by atoms with Crippen molar-refractivity contribution in [2.24, 2.45) is 0 Å². The minimum absolute atomic E-state index is 0.0476. The minimum Gasteiger partial charge on any atom is -0.542 e. The molecule has 212 valence electrons. The van der Waals surface area contributed by atoms with Gasteiger partial charge >= 0.3 is 6.18 Å². The Balaban J connectivity index is 0.000000493. The highest BCUT2D eigenvalue weighted by molar-refractivity contribution is 6.08. The fourth-order valence-electron chi connectivity index (χ4n) is 4.45. The van der Waals surface area contributed by atoms with Crippen LogP contribution < -0.4 is 14.9 Å². The van der Waals surface area contributed by atoms with Crippen LogP contribution in [0.1, 0.15) is 26.3 Å². The van der Waals surface area contributed by atoms with Crippen LogP contribution in [0, 0.1) is 5.82 Å². The van der Waals surface area contributed by atoms with Gasteiger partial charge < -0.3 is 19.7 Å². The topological polar surface area (TPSA) is 102 Å². The molecule has 1 atom stereocenters. The molecule has 41 heavy (non-hydrogen) atoms. The number of hydrogen-bond donors (Lipinski definition) is 1. The van der Waals surface area contributed by atoms with Crippen molar-refractivity contribution < 1.29 is 46.7 Å². The number of amides is 2. The third kappa shape index (κ3) is 6.84. The van der Waals surface area contributed by atoms with Crippen molar-refractivity contribution in [3.05, 3.63) is 108 Å². The number of carbonyl (C=O) groups is 4. The molecule has 0 radical (unpaired) electrons. The average Bonchev–Trinajstić information content (AvgIpc) is 2.95. The number of rotatable bonds is 4. The van der Waals surface area contributed by atoms with E-state index < -0.39 is 23.9 Å². The number of nitrogens with one attached hydrogen (secondary N) is 1. The maximum Gasteiger partial charge on any atom is 0.430 e. The van der Waals surface area contributed by atoms with Crippen molar-refractivity contribution >= 4 is 34.9 Å². The summed E-state index contributed by atoms with van der Waals surface area (Å²) in [5.41, 5.74) is 2.96. The van der Waals surface area contributed by atoms with Crippen molar-refractivity contribution in [2.45, 2.75) is 12.7 Å². The molecule has 1 saturated heterocycles. The molecule has 2 amide bonds. The Labute approximate surface area is 231 Å². The summed E-state index contributed by atoms with van der Waals surface area (Å²) in [7, 11) is 0. The van der Waals surface area contributed by atoms with Crippen LogP contribution in [0.15, 0.2) is 85.1 Å². The Morgan fingerprint density at radius 1 is 0.927 bits per heavy atom. The molecule has 2 heterocycles. The van der Waals surface area contributed by atoms with Gasteiger partial charge in [0.15, 0.2) is 5.78 Å². The lowest BCUT2D eigenvalue weighted by molar-refractivity contribution is -0.791. The van der Waals surface area contributed by atoms with Gasteiger partial charge in [0.05, 0.1) is 11.1 Å². The van der Waals surface area contributed by atoms with Gasteiger partial charge in [-0.3, -0.25) is 19.3 Å². The van der Waals surface area contributed by atoms with Gasteiger partial charge in [-0.1, -0.05) is 36.4 Å². The van der Waals surface area contributed by atoms with Crippen molar-refractivity contribution in [3.63, 3.8) is 0 Å². The molecule has 1 fully saturated rings. The highest BCUT2D eigenvalue weighted by Gasteiger charge is 2.31. The molecular weight excluding hydrogens is 546 g/mol. The van der Waals surface area contributed by atoms with Crippen LogP contribution in [-0.2, 0) is 16.1 Å². The number of carbonyl (C=O) groups excluding carboxylic acids is 4. The van der Waals surface area contributed by atoms with Crippen molar-refractivity contribution in [1.29, 1.82) is 0 Å². The number of piperazine rings is 1. The van der Waals surface area contributed by atoms with E-state index in [1.165, 1.54) is 17.0 Å². The smallest absolute Gasteiger partial charge is 0.430 e. The average molecular weight is 570 g/mol. The zero-order valence-electron chi connectivity index (χ0n) is 21.4. The van der Waals surface area contributed by atoms with Crippen LogP contribution >= 0.6 is 0 Å². The highest BCUT2D eigenvalue weighted by Crippen LogP contribution is 2.20. The lowest BCUT2D eigenvalue weighted by Crippen LogP contribution is -3.01. The van der Waals surface area contributed by atoms with Gasteiger partial charge in [0.2, 0.25) is 5.91 Å². The zero-order valence-corrected chi connectivity index (χ0v) is 21.4. The molecule has 8 nitrogen and oxygen atoms in total. The van der Waals surface area contributed by atoms with Crippen LogP contribution in [0.2, 0.25) is 0 Å². The Kier molecular flexibility index (Phi) is 8.62. The fourth-order valence-corrected chi connectivity index (χ4v) is 4.45. The number of nitrogens with zero attached hydrogens (tertiary/aromatic N) is 2. The summed E-state index contributed by atoms with van der Waals surface area (Å²) in [6.45, 7) is 1.01. The van der Waals surface area contributed by atoms with Gasteiger partial charge in [0.25, 0.3) is 5.91 Å². The molecule has 3 aromatic carbocycles. The Morgan fingerprint density at radius 2 is 1.59 bits per heavy atom. The second-order valence-corrected chi connectivity index (χ2v) is 9.15. The standard InChI is InChI=1S/C27H22FN3O3.C2HF3O2/c28-23-11-10-19(17-29-13-12-25(32)21-8-4-5-9-24(21)29)16-22(23)27(34)30-14-15-31(26(33)18-30)20-6-2-1-3-7-20;3-2(4,5)1(6)7/h1-13,16H,14-15,17-18H2;(H,6,7). The number of aliphatic carboxylic acids is 1. The molecule has 0 bridgehead atoms. The molecule has 12 heteroatoms. The monoisotopic (exact) mass is 569 g/mol. The van der Waals surface area contributed by atoms with Crippen LogP contribution in [0.5, 0.6) is 0 Å². The molecular formula is C29H23F4N3O5. The lowest BCUT2D eigenvalue weighted by atomic mass is 10.0. The van der Waals surface area contributed by atoms with Crippen molar-refractivity contribution in [3.8, 4) is 0 Å². The predicted molar refractivity (Wildman–Crippen MR) is 136 cm³/mol. The molecule has 2 aliphatic rings. The molecule has 0 spiro atoms. The molecule has 1 unspecified atom stereocenters. The predicted octanol–water partition coefficient (Wildman–Crippen LogP) is 2.04. The normalized spacial score (nSPS) is 16.5. The summed E-state index contributed by atoms with van der Waals surface area (Å²) in [6.07, 6.45) is -1.89. The number of allylic oxidation sites excluding steroid dienone is 1. The molecule has 2 aliphatic heterocycles. The highest BCUT2D eigenvalue weighted by atomic mass is 19.4. The van der Waals surface area contributed by atoms with Crippen molar-refractivity contribution in [1.82, 2.24) is 4.90 Å². The Hall–Kier alpha value is -4.84. The van der Waals surface area contributed by atoms with Gasteiger partial charge in [-0.05, 0) is 30.3 Å². The number of ketones is 1. The number of alkyl halides is 3. The van der Waals surface area contributed by atoms with Gasteiger partial charge in [-0.15, -0.1) is 0 Å². The van der Waals surface area contributed by atoms with E-state index >= 15 is 0 Å². The number of hydrogen-bond acceptors (Lipinski definition) is 5. The van der Waals surface area contributed by atoms with E-state index in [-0.39, 0.29) is 23.8 Å². The van der Waals surface area contributed by atoms with Gasteiger partial charge in [0.1, 0.15) is 36.8 Å². The second kappa shape index (κ2) is 12.1. The largest absolute Gasteiger partial charge is 0.542 e. The van der Waals surface area contributed by atoms with E-state index in [0.717, 1.165) is 21.8 Å². The van der Waals surface area contributed by atoms with Gasteiger partial charge in [0, 0.05) is 36.5 Å². The zero-order chi connectivity index (χ0) is 29.7. The van der Waals surface area contributed by atoms with Gasteiger partial charge in [-0.2, -0.15) is 13.2 Å². The summed E-state index contributed by atoms with van der Waals surface area (Å²) >= 11 is 0.